The average Bonchev–Trinajstić information content (AvgIpc) is 2.57. The molecule has 3 atom stereocenters. The van der Waals surface area contributed by atoms with Crippen molar-refractivity contribution in [1.82, 2.24) is 0 Å². The minimum atomic E-state index is -0.470. The van der Waals surface area contributed by atoms with Crippen molar-refractivity contribution in [3.8, 4) is 5.75 Å². The van der Waals surface area contributed by atoms with Crippen molar-refractivity contribution in [2.75, 3.05) is 0 Å². The van der Waals surface area contributed by atoms with Crippen LogP contribution in [0.1, 0.15) is 46.0 Å². The Kier molecular flexibility index (Phi) is 5.77. The quantitative estimate of drug-likeness (QED) is 0.225. The second-order valence-electron chi connectivity index (χ2n) is 7.78. The van der Waals surface area contributed by atoms with Gasteiger partial charge in [0.15, 0.2) is 5.75 Å². The van der Waals surface area contributed by atoms with Gasteiger partial charge in [-0.15, -0.1) is 0 Å². The lowest BCUT2D eigenvalue weighted by molar-refractivity contribution is -0.131. The molecule has 0 aromatic heterocycles. The number of benzene rings is 1. The normalized spacial score (nSPS) is 28.1. The molecular weight excluding hydrogens is 391 g/mol. The third-order valence-corrected chi connectivity index (χ3v) is 6.85. The molecule has 2 aliphatic rings. The van der Waals surface area contributed by atoms with Crippen LogP contribution in [0.4, 0.5) is 0 Å². The largest absolute Gasteiger partial charge is 0.420 e. The van der Waals surface area contributed by atoms with E-state index in [1.165, 1.54) is 24.1 Å². The van der Waals surface area contributed by atoms with Gasteiger partial charge < -0.3 is 4.74 Å². The van der Waals surface area contributed by atoms with Gasteiger partial charge in [0.25, 0.3) is 0 Å². The monoisotopic (exact) mass is 412 g/mol. The molecule has 0 amide bonds. The van der Waals surface area contributed by atoms with E-state index in [1.54, 1.807) is 0 Å². The van der Waals surface area contributed by atoms with Gasteiger partial charge in [0.2, 0.25) is 0 Å². The predicted octanol–water partition coefficient (Wildman–Crippen LogP) is 7.27. The molecule has 0 N–H and O–H groups in total. The Labute approximate surface area is 170 Å². The van der Waals surface area contributed by atoms with Crippen LogP contribution in [0.3, 0.4) is 0 Å². The first-order chi connectivity index (χ1) is 12.2. The Morgan fingerprint density at radius 3 is 2.54 bits per heavy atom. The number of esters is 1. The SMILES string of the molecule is C=C(C(=O)Oc1c(Cl)cc(Cl)cc1Cl)[C@H]1CC[C@]2(C)CCC=C(C)[C@H]2C1. The molecule has 0 aliphatic heterocycles. The zero-order valence-corrected chi connectivity index (χ0v) is 17.3. The van der Waals surface area contributed by atoms with Crippen LogP contribution in [-0.4, -0.2) is 5.97 Å². The summed E-state index contributed by atoms with van der Waals surface area (Å²) in [5.74, 6) is 0.287. The van der Waals surface area contributed by atoms with E-state index >= 15 is 0 Å². The first-order valence-corrected chi connectivity index (χ1v) is 10.1. The van der Waals surface area contributed by atoms with Gasteiger partial charge in [-0.25, -0.2) is 4.79 Å². The number of hydrogen-bond acceptors (Lipinski definition) is 2. The number of carbonyl (C=O) groups is 1. The third-order valence-electron chi connectivity index (χ3n) is 6.07. The van der Waals surface area contributed by atoms with Crippen LogP contribution in [0.2, 0.25) is 15.1 Å². The molecule has 1 saturated carbocycles. The first-order valence-electron chi connectivity index (χ1n) is 8.93. The summed E-state index contributed by atoms with van der Waals surface area (Å²) < 4.78 is 5.46. The Hall–Kier alpha value is -0.960. The number of ether oxygens (including phenoxy) is 1. The lowest BCUT2D eigenvalue weighted by atomic mass is 9.57. The van der Waals surface area contributed by atoms with Crippen molar-refractivity contribution in [3.63, 3.8) is 0 Å². The van der Waals surface area contributed by atoms with E-state index in [0.717, 1.165) is 25.7 Å². The standard InChI is InChI=1S/C21H23Cl3O2/c1-12-5-4-7-21(3)8-6-14(9-16(12)21)13(2)20(25)26-19-17(23)10-15(22)11-18(19)24/h5,10-11,14,16H,2,4,6-9H2,1,3H3/t14-,16+,21-/m0/s1. The minimum absolute atomic E-state index is 0.117. The third kappa shape index (κ3) is 3.83. The number of hydrogen-bond donors (Lipinski definition) is 0. The molecule has 5 heteroatoms. The molecule has 3 rings (SSSR count). The predicted molar refractivity (Wildman–Crippen MR) is 108 cm³/mol. The van der Waals surface area contributed by atoms with E-state index in [2.05, 4.69) is 26.5 Å². The zero-order valence-electron chi connectivity index (χ0n) is 15.1. The number of allylic oxidation sites excluding steroid dienone is 2. The molecule has 0 radical (unpaired) electrons. The number of halogens is 3. The molecule has 0 unspecified atom stereocenters. The molecule has 0 heterocycles. The lowest BCUT2D eigenvalue weighted by Gasteiger charge is -2.47. The fourth-order valence-electron chi connectivity index (χ4n) is 4.44. The van der Waals surface area contributed by atoms with Crippen LogP contribution in [0.5, 0.6) is 5.75 Å². The van der Waals surface area contributed by atoms with E-state index in [0.29, 0.717) is 21.9 Å². The van der Waals surface area contributed by atoms with E-state index < -0.39 is 5.97 Å². The highest BCUT2D eigenvalue weighted by Crippen LogP contribution is 2.53. The van der Waals surface area contributed by atoms with Crippen LogP contribution in [0.25, 0.3) is 0 Å². The number of carbonyl (C=O) groups excluding carboxylic acids is 1. The number of fused-ring (bicyclic) bond motifs is 1. The van der Waals surface area contributed by atoms with Crippen molar-refractivity contribution >= 4 is 40.8 Å². The smallest absolute Gasteiger partial charge is 0.339 e. The van der Waals surface area contributed by atoms with Gasteiger partial charge in [-0.1, -0.05) is 60.0 Å². The average molecular weight is 414 g/mol. The molecule has 0 bridgehead atoms. The van der Waals surface area contributed by atoms with Gasteiger partial charge in [-0.05, 0) is 68.4 Å². The van der Waals surface area contributed by atoms with Gasteiger partial charge in [0.1, 0.15) is 0 Å². The van der Waals surface area contributed by atoms with E-state index in [4.69, 9.17) is 39.5 Å². The Morgan fingerprint density at radius 2 is 1.88 bits per heavy atom. The molecule has 140 valence electrons. The maximum atomic E-state index is 12.6. The summed E-state index contributed by atoms with van der Waals surface area (Å²) in [6.45, 7) is 8.61. The van der Waals surface area contributed by atoms with Gasteiger partial charge in [0.05, 0.1) is 10.0 Å². The zero-order chi connectivity index (χ0) is 19.1. The Balaban J connectivity index is 1.73. The second-order valence-corrected chi connectivity index (χ2v) is 9.03. The molecule has 1 fully saturated rings. The van der Waals surface area contributed by atoms with Crippen molar-refractivity contribution in [2.45, 2.75) is 46.0 Å². The molecule has 1 aromatic carbocycles. The van der Waals surface area contributed by atoms with E-state index in [9.17, 15) is 4.79 Å². The Bertz CT molecular complexity index is 760. The van der Waals surface area contributed by atoms with E-state index in [1.807, 2.05) is 0 Å². The van der Waals surface area contributed by atoms with Gasteiger partial charge >= 0.3 is 5.97 Å². The second kappa shape index (κ2) is 7.58. The molecular formula is C21H23Cl3O2. The van der Waals surface area contributed by atoms with Crippen LogP contribution in [0, 0.1) is 17.3 Å². The summed E-state index contributed by atoms with van der Waals surface area (Å²) in [6, 6.07) is 3.01. The summed E-state index contributed by atoms with van der Waals surface area (Å²) in [5.41, 5.74) is 2.27. The van der Waals surface area contributed by atoms with Gasteiger partial charge in [0, 0.05) is 10.6 Å². The highest BCUT2D eigenvalue weighted by Gasteiger charge is 2.43. The van der Waals surface area contributed by atoms with Crippen molar-refractivity contribution in [1.29, 1.82) is 0 Å². The fourth-order valence-corrected chi connectivity index (χ4v) is 5.33. The summed E-state index contributed by atoms with van der Waals surface area (Å²) >= 11 is 18.1. The van der Waals surface area contributed by atoms with Gasteiger partial charge in [-0.2, -0.15) is 0 Å². The van der Waals surface area contributed by atoms with Crippen LogP contribution in [-0.2, 0) is 4.79 Å². The molecule has 0 saturated heterocycles. The first kappa shape index (κ1) is 19.8. The lowest BCUT2D eigenvalue weighted by Crippen LogP contribution is -2.38. The molecule has 1 aromatic rings. The molecule has 2 aliphatic carbocycles. The summed E-state index contributed by atoms with van der Waals surface area (Å²) in [5, 5.41) is 0.821. The summed E-state index contributed by atoms with van der Waals surface area (Å²) in [7, 11) is 0. The summed E-state index contributed by atoms with van der Waals surface area (Å²) in [4.78, 5) is 12.6. The highest BCUT2D eigenvalue weighted by atomic mass is 35.5. The van der Waals surface area contributed by atoms with Crippen molar-refractivity contribution in [2.24, 2.45) is 17.3 Å². The maximum Gasteiger partial charge on any atom is 0.339 e. The molecule has 26 heavy (non-hydrogen) atoms. The van der Waals surface area contributed by atoms with Crippen LogP contribution < -0.4 is 4.74 Å². The van der Waals surface area contributed by atoms with Crippen LogP contribution in [0.15, 0.2) is 35.9 Å². The van der Waals surface area contributed by atoms with Crippen molar-refractivity contribution in [3.05, 3.63) is 51.0 Å². The van der Waals surface area contributed by atoms with Crippen LogP contribution >= 0.6 is 34.8 Å². The van der Waals surface area contributed by atoms with Gasteiger partial charge in [-0.3, -0.25) is 0 Å². The maximum absolute atomic E-state index is 12.6. The molecule has 2 nitrogen and oxygen atoms in total. The topological polar surface area (TPSA) is 26.3 Å². The molecule has 0 spiro atoms. The number of rotatable bonds is 3. The fraction of sp³-hybridized carbons (Fsp3) is 0.476. The summed E-state index contributed by atoms with van der Waals surface area (Å²) in [6.07, 6.45) is 7.70. The highest BCUT2D eigenvalue weighted by molar-refractivity contribution is 6.40. The van der Waals surface area contributed by atoms with Crippen molar-refractivity contribution < 1.29 is 9.53 Å². The Morgan fingerprint density at radius 1 is 1.23 bits per heavy atom. The minimum Gasteiger partial charge on any atom is -0.420 e. The van der Waals surface area contributed by atoms with E-state index in [-0.39, 0.29) is 21.7 Å².